The van der Waals surface area contributed by atoms with Crippen LogP contribution in [0.3, 0.4) is 0 Å². The first kappa shape index (κ1) is 12.4. The van der Waals surface area contributed by atoms with Gasteiger partial charge in [0.2, 0.25) is 0 Å². The molecule has 2 aliphatic heterocycles. The second-order valence-electron chi connectivity index (χ2n) is 5.44. The highest BCUT2D eigenvalue weighted by Crippen LogP contribution is 2.39. The largest absolute Gasteiger partial charge is 0.298 e. The van der Waals surface area contributed by atoms with Crippen LogP contribution in [-0.2, 0) is 0 Å². The molecule has 0 saturated carbocycles. The number of hydrogen-bond donors (Lipinski definition) is 0. The van der Waals surface area contributed by atoms with E-state index in [-0.39, 0.29) is 0 Å². The van der Waals surface area contributed by atoms with E-state index in [9.17, 15) is 0 Å². The number of rotatable bonds is 4. The summed E-state index contributed by atoms with van der Waals surface area (Å²) in [6.45, 7) is 12.4. The van der Waals surface area contributed by atoms with Crippen molar-refractivity contribution < 1.29 is 0 Å². The minimum atomic E-state index is 0.485. The molecule has 94 valence electrons. The van der Waals surface area contributed by atoms with Crippen LogP contribution >= 0.6 is 0 Å². The van der Waals surface area contributed by atoms with Crippen LogP contribution in [0.2, 0.25) is 0 Å². The van der Waals surface area contributed by atoms with Gasteiger partial charge in [-0.25, -0.2) is 0 Å². The summed E-state index contributed by atoms with van der Waals surface area (Å²) >= 11 is 0. The van der Waals surface area contributed by atoms with Crippen LogP contribution in [0.15, 0.2) is 0 Å². The molecule has 1 unspecified atom stereocenters. The molecule has 0 bridgehead atoms. The zero-order chi connectivity index (χ0) is 11.6. The Morgan fingerprint density at radius 1 is 1.00 bits per heavy atom. The van der Waals surface area contributed by atoms with Gasteiger partial charge < -0.3 is 0 Å². The first-order valence-electron chi connectivity index (χ1n) is 7.27. The summed E-state index contributed by atoms with van der Waals surface area (Å²) in [5.41, 5.74) is 0.485. The lowest BCUT2D eigenvalue weighted by Gasteiger charge is -2.44. The fourth-order valence-corrected chi connectivity index (χ4v) is 4.20. The molecule has 16 heavy (non-hydrogen) atoms. The molecule has 0 radical (unpaired) electrons. The van der Waals surface area contributed by atoms with Gasteiger partial charge in [0.25, 0.3) is 0 Å². The second-order valence-corrected chi connectivity index (χ2v) is 5.44. The van der Waals surface area contributed by atoms with E-state index in [4.69, 9.17) is 0 Å². The van der Waals surface area contributed by atoms with Gasteiger partial charge in [-0.1, -0.05) is 20.8 Å². The molecule has 2 heteroatoms. The van der Waals surface area contributed by atoms with Gasteiger partial charge in [0, 0.05) is 18.1 Å². The average Bonchev–Trinajstić information content (AvgIpc) is 2.95. The molecule has 2 rings (SSSR count). The monoisotopic (exact) mass is 224 g/mol. The van der Waals surface area contributed by atoms with Crippen molar-refractivity contribution in [3.63, 3.8) is 0 Å². The second kappa shape index (κ2) is 5.05. The molecule has 1 atom stereocenters. The van der Waals surface area contributed by atoms with E-state index in [1.807, 2.05) is 0 Å². The zero-order valence-electron chi connectivity index (χ0n) is 11.3. The fraction of sp³-hybridized carbons (Fsp3) is 1.00. The highest BCUT2D eigenvalue weighted by Gasteiger charge is 2.47. The first-order valence-corrected chi connectivity index (χ1v) is 7.27. The number of hydrogen-bond acceptors (Lipinski definition) is 2. The Hall–Kier alpha value is -0.0800. The highest BCUT2D eigenvalue weighted by atomic mass is 15.3. The lowest BCUT2D eigenvalue weighted by Crippen LogP contribution is -2.55. The predicted octanol–water partition coefficient (Wildman–Crippen LogP) is 2.74. The van der Waals surface area contributed by atoms with Gasteiger partial charge in [-0.15, -0.1) is 0 Å². The Kier molecular flexibility index (Phi) is 3.91. The Balaban J connectivity index is 2.17. The van der Waals surface area contributed by atoms with Crippen LogP contribution in [0.25, 0.3) is 0 Å². The Labute approximate surface area is 101 Å². The van der Waals surface area contributed by atoms with Gasteiger partial charge in [-0.05, 0) is 51.7 Å². The Morgan fingerprint density at radius 3 is 2.12 bits per heavy atom. The zero-order valence-corrected chi connectivity index (χ0v) is 11.3. The third kappa shape index (κ3) is 1.80. The Bertz CT molecular complexity index is 217. The molecule has 2 fully saturated rings. The van der Waals surface area contributed by atoms with Gasteiger partial charge in [0.1, 0.15) is 0 Å². The molecule has 0 amide bonds. The van der Waals surface area contributed by atoms with E-state index in [0.29, 0.717) is 5.54 Å². The molecule has 0 aliphatic carbocycles. The summed E-state index contributed by atoms with van der Waals surface area (Å²) in [5.74, 6) is 0. The molecule has 0 aromatic heterocycles. The SMILES string of the molecule is CCN1CCC(N2CCCC2)C1(CC)CC. The minimum Gasteiger partial charge on any atom is -0.298 e. The number of likely N-dealkylation sites (N-methyl/N-ethyl adjacent to an activating group) is 1. The van der Waals surface area contributed by atoms with Crippen molar-refractivity contribution >= 4 is 0 Å². The van der Waals surface area contributed by atoms with Crippen molar-refractivity contribution in [1.29, 1.82) is 0 Å². The van der Waals surface area contributed by atoms with Crippen LogP contribution in [0.4, 0.5) is 0 Å². The molecular weight excluding hydrogens is 196 g/mol. The highest BCUT2D eigenvalue weighted by molar-refractivity contribution is 5.05. The van der Waals surface area contributed by atoms with E-state index in [2.05, 4.69) is 30.6 Å². The molecule has 2 nitrogen and oxygen atoms in total. The molecular formula is C14H28N2. The lowest BCUT2D eigenvalue weighted by atomic mass is 9.84. The number of nitrogens with zero attached hydrogens (tertiary/aromatic N) is 2. The van der Waals surface area contributed by atoms with Crippen molar-refractivity contribution in [2.24, 2.45) is 0 Å². The normalized spacial score (nSPS) is 31.3. The molecule has 0 spiro atoms. The smallest absolute Gasteiger partial charge is 0.0359 e. The molecule has 2 aliphatic rings. The molecule has 0 N–H and O–H groups in total. The van der Waals surface area contributed by atoms with Crippen LogP contribution in [0, 0.1) is 0 Å². The van der Waals surface area contributed by atoms with E-state index < -0.39 is 0 Å². The third-order valence-electron chi connectivity index (χ3n) is 5.11. The van der Waals surface area contributed by atoms with E-state index in [1.165, 1.54) is 58.3 Å². The Morgan fingerprint density at radius 2 is 1.62 bits per heavy atom. The van der Waals surface area contributed by atoms with Crippen molar-refractivity contribution in [2.45, 2.75) is 64.5 Å². The maximum absolute atomic E-state index is 2.78. The fourth-order valence-electron chi connectivity index (χ4n) is 4.20. The van der Waals surface area contributed by atoms with Crippen molar-refractivity contribution in [2.75, 3.05) is 26.2 Å². The summed E-state index contributed by atoms with van der Waals surface area (Å²) in [7, 11) is 0. The minimum absolute atomic E-state index is 0.485. The molecule has 0 aromatic carbocycles. The van der Waals surface area contributed by atoms with Crippen molar-refractivity contribution in [3.05, 3.63) is 0 Å². The van der Waals surface area contributed by atoms with E-state index in [1.54, 1.807) is 0 Å². The molecule has 2 saturated heterocycles. The van der Waals surface area contributed by atoms with Gasteiger partial charge in [-0.2, -0.15) is 0 Å². The maximum atomic E-state index is 2.78. The first-order chi connectivity index (χ1) is 7.78. The van der Waals surface area contributed by atoms with Crippen LogP contribution in [0.5, 0.6) is 0 Å². The summed E-state index contributed by atoms with van der Waals surface area (Å²) < 4.78 is 0. The number of likely N-dealkylation sites (tertiary alicyclic amines) is 2. The van der Waals surface area contributed by atoms with E-state index in [0.717, 1.165) is 6.04 Å². The van der Waals surface area contributed by atoms with Gasteiger partial charge in [0.15, 0.2) is 0 Å². The summed E-state index contributed by atoms with van der Waals surface area (Å²) in [6, 6.07) is 0.838. The van der Waals surface area contributed by atoms with Crippen LogP contribution < -0.4 is 0 Å². The lowest BCUT2D eigenvalue weighted by molar-refractivity contribution is 0.0600. The topological polar surface area (TPSA) is 6.48 Å². The summed E-state index contributed by atoms with van der Waals surface area (Å²) in [4.78, 5) is 5.53. The van der Waals surface area contributed by atoms with E-state index >= 15 is 0 Å². The van der Waals surface area contributed by atoms with Gasteiger partial charge in [0.05, 0.1) is 0 Å². The summed E-state index contributed by atoms with van der Waals surface area (Å²) in [5, 5.41) is 0. The standard InChI is InChI=1S/C14H28N2/c1-4-14(5-2)13(9-12-16(14)6-3)15-10-7-8-11-15/h13H,4-12H2,1-3H3. The van der Waals surface area contributed by atoms with Gasteiger partial charge >= 0.3 is 0 Å². The third-order valence-corrected chi connectivity index (χ3v) is 5.11. The summed E-state index contributed by atoms with van der Waals surface area (Å²) in [6.07, 6.45) is 6.88. The van der Waals surface area contributed by atoms with Crippen LogP contribution in [0.1, 0.15) is 52.9 Å². The van der Waals surface area contributed by atoms with Gasteiger partial charge in [-0.3, -0.25) is 9.80 Å². The van der Waals surface area contributed by atoms with Crippen LogP contribution in [-0.4, -0.2) is 47.6 Å². The van der Waals surface area contributed by atoms with Crippen molar-refractivity contribution in [1.82, 2.24) is 9.80 Å². The predicted molar refractivity (Wildman–Crippen MR) is 69.8 cm³/mol. The quantitative estimate of drug-likeness (QED) is 0.724. The molecule has 2 heterocycles. The maximum Gasteiger partial charge on any atom is 0.0359 e. The van der Waals surface area contributed by atoms with Crippen molar-refractivity contribution in [3.8, 4) is 0 Å². The molecule has 0 aromatic rings. The average molecular weight is 224 g/mol.